The number of hydrogen-bond acceptors (Lipinski definition) is 4. The third-order valence-corrected chi connectivity index (χ3v) is 5.00. The maximum atomic E-state index is 14.7. The molecule has 1 saturated carbocycles. The van der Waals surface area contributed by atoms with Gasteiger partial charge in [-0.25, -0.2) is 9.37 Å². The molecule has 2 aliphatic heterocycles. The van der Waals surface area contributed by atoms with E-state index in [9.17, 15) is 4.39 Å². The van der Waals surface area contributed by atoms with Gasteiger partial charge in [0, 0.05) is 50.0 Å². The number of halogens is 1. The Morgan fingerprint density at radius 1 is 1.24 bits per heavy atom. The Morgan fingerprint density at radius 2 is 2.14 bits per heavy atom. The van der Waals surface area contributed by atoms with E-state index in [1.165, 1.54) is 32.2 Å². The average Bonchev–Trinajstić information content (AvgIpc) is 3.21. The minimum Gasteiger partial charge on any atom is -0.351 e. The number of nitrogens with zero attached hydrogens (tertiary/aromatic N) is 3. The van der Waals surface area contributed by atoms with Gasteiger partial charge in [-0.15, -0.1) is 0 Å². The van der Waals surface area contributed by atoms with Gasteiger partial charge in [0.25, 0.3) is 0 Å². The van der Waals surface area contributed by atoms with Crippen LogP contribution in [0.15, 0.2) is 12.3 Å². The van der Waals surface area contributed by atoms with E-state index < -0.39 is 0 Å². The van der Waals surface area contributed by atoms with Crippen LogP contribution in [0.2, 0.25) is 0 Å². The van der Waals surface area contributed by atoms with Gasteiger partial charge in [0.2, 0.25) is 0 Å². The van der Waals surface area contributed by atoms with Crippen LogP contribution in [-0.2, 0) is 6.54 Å². The quantitative estimate of drug-likeness (QED) is 0.915. The molecule has 2 saturated heterocycles. The SMILES string of the molecule is Fc1c(CNC2CC2)ccnc1N1CCN2CCCC2C1. The maximum absolute atomic E-state index is 14.7. The fourth-order valence-electron chi connectivity index (χ4n) is 3.55. The smallest absolute Gasteiger partial charge is 0.170 e. The lowest BCUT2D eigenvalue weighted by Crippen LogP contribution is -2.50. The van der Waals surface area contributed by atoms with Crippen LogP contribution in [-0.4, -0.2) is 48.1 Å². The minimum atomic E-state index is -0.128. The summed E-state index contributed by atoms with van der Waals surface area (Å²) in [5.74, 6) is 0.425. The number of rotatable bonds is 4. The highest BCUT2D eigenvalue weighted by Gasteiger charge is 2.32. The fourth-order valence-corrected chi connectivity index (χ4v) is 3.55. The van der Waals surface area contributed by atoms with Crippen LogP contribution in [0.5, 0.6) is 0 Å². The van der Waals surface area contributed by atoms with Crippen molar-refractivity contribution >= 4 is 5.82 Å². The highest BCUT2D eigenvalue weighted by atomic mass is 19.1. The van der Waals surface area contributed by atoms with Crippen molar-refractivity contribution in [1.82, 2.24) is 15.2 Å². The zero-order chi connectivity index (χ0) is 14.2. The van der Waals surface area contributed by atoms with Crippen LogP contribution in [0.1, 0.15) is 31.2 Å². The van der Waals surface area contributed by atoms with E-state index in [-0.39, 0.29) is 5.82 Å². The summed E-state index contributed by atoms with van der Waals surface area (Å²) in [6.45, 7) is 4.68. The lowest BCUT2D eigenvalue weighted by Gasteiger charge is -2.38. The largest absolute Gasteiger partial charge is 0.351 e. The molecule has 3 aliphatic rings. The summed E-state index contributed by atoms with van der Waals surface area (Å²) in [6, 6.07) is 3.00. The number of fused-ring (bicyclic) bond motifs is 1. The van der Waals surface area contributed by atoms with Gasteiger partial charge in [-0.3, -0.25) is 4.90 Å². The first-order valence-corrected chi connectivity index (χ1v) is 8.17. The van der Waals surface area contributed by atoms with Crippen LogP contribution < -0.4 is 10.2 Å². The van der Waals surface area contributed by atoms with E-state index in [0.717, 1.165) is 25.2 Å². The third-order valence-electron chi connectivity index (χ3n) is 5.00. The van der Waals surface area contributed by atoms with Gasteiger partial charge in [-0.1, -0.05) is 0 Å². The van der Waals surface area contributed by atoms with Crippen molar-refractivity contribution < 1.29 is 4.39 Å². The summed E-state index contributed by atoms with van der Waals surface area (Å²) in [7, 11) is 0. The first kappa shape index (κ1) is 13.5. The second-order valence-electron chi connectivity index (χ2n) is 6.54. The molecule has 0 bridgehead atoms. The molecular formula is C16H23FN4. The number of piperazine rings is 1. The van der Waals surface area contributed by atoms with Gasteiger partial charge in [-0.2, -0.15) is 0 Å². The summed E-state index contributed by atoms with van der Waals surface area (Å²) in [6.07, 6.45) is 6.72. The summed E-state index contributed by atoms with van der Waals surface area (Å²) in [5, 5.41) is 3.39. The number of anilines is 1. The zero-order valence-electron chi connectivity index (χ0n) is 12.4. The predicted octanol–water partition coefficient (Wildman–Crippen LogP) is 1.76. The van der Waals surface area contributed by atoms with Gasteiger partial charge in [0.05, 0.1) is 0 Å². The zero-order valence-corrected chi connectivity index (χ0v) is 12.4. The van der Waals surface area contributed by atoms with Gasteiger partial charge < -0.3 is 10.2 Å². The molecule has 3 fully saturated rings. The molecule has 114 valence electrons. The Bertz CT molecular complexity index is 517. The fraction of sp³-hybridized carbons (Fsp3) is 0.688. The summed E-state index contributed by atoms with van der Waals surface area (Å²) in [5.41, 5.74) is 0.751. The Balaban J connectivity index is 1.49. The van der Waals surface area contributed by atoms with E-state index in [1.54, 1.807) is 12.3 Å². The molecule has 1 atom stereocenters. The molecule has 5 heteroatoms. The van der Waals surface area contributed by atoms with Crippen LogP contribution in [0.4, 0.5) is 10.2 Å². The van der Waals surface area contributed by atoms with Gasteiger partial charge >= 0.3 is 0 Å². The molecular weight excluding hydrogens is 267 g/mol. The summed E-state index contributed by atoms with van der Waals surface area (Å²) >= 11 is 0. The van der Waals surface area contributed by atoms with Crippen LogP contribution >= 0.6 is 0 Å². The first-order valence-electron chi connectivity index (χ1n) is 8.17. The van der Waals surface area contributed by atoms with E-state index >= 15 is 0 Å². The Kier molecular flexibility index (Phi) is 3.55. The van der Waals surface area contributed by atoms with Crippen LogP contribution in [0, 0.1) is 5.82 Å². The topological polar surface area (TPSA) is 31.4 Å². The molecule has 1 aromatic rings. The van der Waals surface area contributed by atoms with E-state index in [1.807, 2.05) is 0 Å². The monoisotopic (exact) mass is 290 g/mol. The van der Waals surface area contributed by atoms with E-state index in [4.69, 9.17) is 0 Å². The van der Waals surface area contributed by atoms with Crippen molar-refractivity contribution in [3.8, 4) is 0 Å². The standard InChI is InChI=1S/C16H23FN4/c17-15-12(10-19-13-3-4-13)5-6-18-16(15)21-9-8-20-7-1-2-14(20)11-21/h5-6,13-14,19H,1-4,7-11H2. The Labute approximate surface area is 125 Å². The molecule has 0 radical (unpaired) electrons. The third kappa shape index (κ3) is 2.77. The second kappa shape index (κ2) is 5.54. The molecule has 21 heavy (non-hydrogen) atoms. The summed E-state index contributed by atoms with van der Waals surface area (Å²) in [4.78, 5) is 9.00. The average molecular weight is 290 g/mol. The molecule has 1 aromatic heterocycles. The minimum absolute atomic E-state index is 0.128. The molecule has 0 spiro atoms. The molecule has 1 aliphatic carbocycles. The molecule has 4 rings (SSSR count). The van der Waals surface area contributed by atoms with E-state index in [0.29, 0.717) is 24.4 Å². The maximum Gasteiger partial charge on any atom is 0.170 e. The van der Waals surface area contributed by atoms with Crippen LogP contribution in [0.3, 0.4) is 0 Å². The molecule has 4 nitrogen and oxygen atoms in total. The van der Waals surface area contributed by atoms with Crippen molar-refractivity contribution in [3.05, 3.63) is 23.6 Å². The highest BCUT2D eigenvalue weighted by molar-refractivity contribution is 5.44. The number of hydrogen-bond donors (Lipinski definition) is 1. The predicted molar refractivity (Wildman–Crippen MR) is 80.9 cm³/mol. The Hall–Kier alpha value is -1.20. The van der Waals surface area contributed by atoms with Gasteiger partial charge in [-0.05, 0) is 38.3 Å². The van der Waals surface area contributed by atoms with Crippen molar-refractivity contribution in [3.63, 3.8) is 0 Å². The molecule has 0 aromatic carbocycles. The molecule has 1 unspecified atom stereocenters. The van der Waals surface area contributed by atoms with Gasteiger partial charge in [0.1, 0.15) is 0 Å². The van der Waals surface area contributed by atoms with E-state index in [2.05, 4.69) is 20.1 Å². The second-order valence-corrected chi connectivity index (χ2v) is 6.54. The first-order chi connectivity index (χ1) is 10.3. The molecule has 1 N–H and O–H groups in total. The number of nitrogens with one attached hydrogen (secondary N) is 1. The number of pyridine rings is 1. The normalized spacial score (nSPS) is 26.1. The highest BCUT2D eigenvalue weighted by Crippen LogP contribution is 2.27. The van der Waals surface area contributed by atoms with Crippen LogP contribution in [0.25, 0.3) is 0 Å². The lowest BCUT2D eigenvalue weighted by atomic mass is 10.1. The molecule has 3 heterocycles. The molecule has 0 amide bonds. The Morgan fingerprint density at radius 3 is 3.00 bits per heavy atom. The van der Waals surface area contributed by atoms with Crippen molar-refractivity contribution in [2.45, 2.75) is 44.3 Å². The van der Waals surface area contributed by atoms with Gasteiger partial charge in [0.15, 0.2) is 11.6 Å². The lowest BCUT2D eigenvalue weighted by molar-refractivity contribution is 0.229. The summed E-state index contributed by atoms with van der Waals surface area (Å²) < 4.78 is 14.7. The van der Waals surface area contributed by atoms with Crippen molar-refractivity contribution in [2.24, 2.45) is 0 Å². The van der Waals surface area contributed by atoms with Crippen molar-refractivity contribution in [1.29, 1.82) is 0 Å². The number of aromatic nitrogens is 1. The van der Waals surface area contributed by atoms with Crippen molar-refractivity contribution in [2.75, 3.05) is 31.1 Å².